The minimum Gasteiger partial charge on any atom is -0.504 e. The number of aliphatic carboxylic acids is 1. The summed E-state index contributed by atoms with van der Waals surface area (Å²) in [4.78, 5) is 40.0. The summed E-state index contributed by atoms with van der Waals surface area (Å²) in [7, 11) is 0.447. The van der Waals surface area contributed by atoms with E-state index in [0.717, 1.165) is 29.6 Å². The Bertz CT molecular complexity index is 1580. The molecule has 12 heteroatoms. The molecule has 3 N–H and O–H groups in total. The van der Waals surface area contributed by atoms with Crippen LogP contribution < -0.4 is 9.47 Å². The highest BCUT2D eigenvalue weighted by Gasteiger charge is 2.57. The van der Waals surface area contributed by atoms with E-state index in [-0.39, 0.29) is 49.4 Å². The lowest BCUT2D eigenvalue weighted by atomic mass is 9.58. The zero-order valence-electron chi connectivity index (χ0n) is 28.1. The van der Waals surface area contributed by atoms with Gasteiger partial charge in [-0.2, -0.15) is 0 Å². The first-order valence-corrected chi connectivity index (χ1v) is 18.2. The summed E-state index contributed by atoms with van der Waals surface area (Å²) in [6, 6.07) is 13.2. The Hall–Kier alpha value is -3.36. The maximum Gasteiger partial charge on any atom is 0.455 e. The maximum atomic E-state index is 13.9. The number of allylic oxidation sites excluding steroid dienone is 1. The van der Waals surface area contributed by atoms with Gasteiger partial charge in [-0.15, -0.1) is 0 Å². The number of unbranched alkanes of at least 4 members (excludes halogenated alkanes) is 2. The normalized spacial score (nSPS) is 22.3. The molecule has 3 aliphatic rings. The summed E-state index contributed by atoms with van der Waals surface area (Å²) in [6.07, 6.45) is 6.98. The number of para-hydroxylation sites is 1. The topological polar surface area (TPSA) is 143 Å². The number of hydrogen-bond donors (Lipinski definition) is 3. The van der Waals surface area contributed by atoms with Crippen LogP contribution in [0.15, 0.2) is 59.2 Å². The Labute approximate surface area is 301 Å². The van der Waals surface area contributed by atoms with Crippen molar-refractivity contribution in [2.75, 3.05) is 20.3 Å². The summed E-state index contributed by atoms with van der Waals surface area (Å²) >= 11 is 2.09. The maximum absolute atomic E-state index is 13.9. The van der Waals surface area contributed by atoms with Gasteiger partial charge in [0, 0.05) is 13.0 Å². The largest absolute Gasteiger partial charge is 0.504 e. The Morgan fingerprint density at radius 3 is 2.57 bits per heavy atom. The summed E-state index contributed by atoms with van der Waals surface area (Å²) in [6.45, 7) is 2.63. The molecule has 262 valence electrons. The van der Waals surface area contributed by atoms with Gasteiger partial charge in [0.1, 0.15) is 12.4 Å². The number of rotatable bonds is 16. The van der Waals surface area contributed by atoms with Crippen LogP contribution in [0.2, 0.25) is 6.32 Å². The van der Waals surface area contributed by atoms with Gasteiger partial charge in [0.15, 0.2) is 11.5 Å². The molecule has 0 aromatic heterocycles. The van der Waals surface area contributed by atoms with Crippen molar-refractivity contribution in [3.63, 3.8) is 0 Å². The number of carbonyl (C=O) groups excluding carboxylic acids is 2. The second-order valence-electron chi connectivity index (χ2n) is 13.1. The third-order valence-electron chi connectivity index (χ3n) is 9.77. The van der Waals surface area contributed by atoms with Crippen molar-refractivity contribution in [1.82, 2.24) is 4.90 Å². The number of phenols is 1. The van der Waals surface area contributed by atoms with E-state index in [9.17, 15) is 24.5 Å². The summed E-state index contributed by atoms with van der Waals surface area (Å²) in [5.74, 6) is -1.54. The fourth-order valence-corrected chi connectivity index (χ4v) is 8.19. The number of methoxy groups -OCH3 is 1. The van der Waals surface area contributed by atoms with Crippen LogP contribution in [0.4, 0.5) is 0 Å². The van der Waals surface area contributed by atoms with E-state index in [2.05, 4.69) is 35.6 Å². The first-order chi connectivity index (χ1) is 23.6. The second kappa shape index (κ2) is 17.0. The SMILES string of the molecule is CCC/C(=C\c1cc(I)c(O)c(OC)c1)CC[C@H]1OB(O)C[C@H]2C1=C(COc1ccccc1)C[C@H]1C(=O)N(CCCCCC(=O)O)C(=O)[C@H]12. The number of nitrogens with zero attached hydrogens (tertiary/aromatic N) is 1. The summed E-state index contributed by atoms with van der Waals surface area (Å²) in [5.41, 5.74) is 4.00. The molecule has 10 nitrogen and oxygen atoms in total. The molecule has 2 aliphatic heterocycles. The van der Waals surface area contributed by atoms with E-state index in [1.165, 1.54) is 17.6 Å². The summed E-state index contributed by atoms with van der Waals surface area (Å²) < 4.78 is 18.5. The molecule has 4 atom stereocenters. The highest BCUT2D eigenvalue weighted by Crippen LogP contribution is 2.51. The van der Waals surface area contributed by atoms with Crippen molar-refractivity contribution < 1.29 is 43.7 Å². The van der Waals surface area contributed by atoms with E-state index in [0.29, 0.717) is 53.6 Å². The van der Waals surface area contributed by atoms with Crippen LogP contribution in [-0.4, -0.2) is 71.4 Å². The number of amides is 2. The first-order valence-electron chi connectivity index (χ1n) is 17.2. The van der Waals surface area contributed by atoms with Crippen LogP contribution in [-0.2, 0) is 19.0 Å². The average molecular weight is 785 g/mol. The smallest absolute Gasteiger partial charge is 0.455 e. The fourth-order valence-electron chi connectivity index (χ4n) is 7.57. The number of aromatic hydroxyl groups is 1. The number of halogens is 1. The molecule has 0 unspecified atom stereocenters. The van der Waals surface area contributed by atoms with Crippen molar-refractivity contribution in [1.29, 1.82) is 0 Å². The standard InChI is InChI=1S/C37H45BINO9/c1-3-10-23(17-24-18-29(39)35(43)31(19-24)47-2)14-15-30-33-25(22-48-26-11-6-4-7-12-26)20-27-34(28(33)21-38(46)49-30)37(45)40(36(27)44)16-9-5-8-13-32(41)42/h4,6-7,11-12,17-19,27-28,30,34,43,46H,3,5,8-10,13-16,20-22H2,1-2H3,(H,41,42)/b23-17+/t27-,28+,30-,34-/m1/s1. The molecular weight excluding hydrogens is 740 g/mol. The van der Waals surface area contributed by atoms with E-state index < -0.39 is 31.0 Å². The minimum atomic E-state index is -1.08. The molecule has 2 amide bonds. The summed E-state index contributed by atoms with van der Waals surface area (Å²) in [5, 5.41) is 30.3. The van der Waals surface area contributed by atoms with Gasteiger partial charge < -0.3 is 29.4 Å². The zero-order valence-corrected chi connectivity index (χ0v) is 30.3. The Kier molecular flexibility index (Phi) is 12.8. The van der Waals surface area contributed by atoms with Gasteiger partial charge in [-0.1, -0.05) is 49.6 Å². The predicted molar refractivity (Wildman–Crippen MR) is 194 cm³/mol. The van der Waals surface area contributed by atoms with Gasteiger partial charge in [0.05, 0.1) is 28.6 Å². The molecule has 2 heterocycles. The van der Waals surface area contributed by atoms with Crippen LogP contribution >= 0.6 is 22.6 Å². The molecule has 0 bridgehead atoms. The molecule has 2 aromatic rings. The van der Waals surface area contributed by atoms with Crippen LogP contribution in [0.3, 0.4) is 0 Å². The number of phenolic OH excluding ortho intramolecular Hbond substituents is 1. The monoisotopic (exact) mass is 785 g/mol. The second-order valence-corrected chi connectivity index (χ2v) is 14.3. The predicted octanol–water partition coefficient (Wildman–Crippen LogP) is 6.49. The van der Waals surface area contributed by atoms with E-state index in [1.54, 1.807) is 0 Å². The highest BCUT2D eigenvalue weighted by molar-refractivity contribution is 14.1. The molecule has 2 aromatic carbocycles. The van der Waals surface area contributed by atoms with E-state index >= 15 is 0 Å². The van der Waals surface area contributed by atoms with Crippen LogP contribution in [0, 0.1) is 21.3 Å². The van der Waals surface area contributed by atoms with Gasteiger partial charge in [0.2, 0.25) is 11.8 Å². The molecule has 0 radical (unpaired) electrons. The number of carboxylic acid groups (broad SMARTS) is 1. The lowest BCUT2D eigenvalue weighted by Gasteiger charge is -2.43. The number of benzene rings is 2. The third-order valence-corrected chi connectivity index (χ3v) is 10.6. The van der Waals surface area contributed by atoms with Crippen LogP contribution in [0.5, 0.6) is 17.2 Å². The average Bonchev–Trinajstić information content (AvgIpc) is 3.32. The van der Waals surface area contributed by atoms with E-state index in [1.807, 2.05) is 42.5 Å². The van der Waals surface area contributed by atoms with Crippen molar-refractivity contribution in [3.8, 4) is 17.2 Å². The van der Waals surface area contributed by atoms with E-state index in [4.69, 9.17) is 19.2 Å². The number of likely N-dealkylation sites (tertiary alicyclic amines) is 1. The molecule has 0 spiro atoms. The minimum absolute atomic E-state index is 0.0597. The number of hydrogen-bond acceptors (Lipinski definition) is 8. The Morgan fingerprint density at radius 1 is 1.08 bits per heavy atom. The number of carboxylic acids is 1. The van der Waals surface area contributed by atoms with Gasteiger partial charge in [-0.3, -0.25) is 19.3 Å². The molecule has 0 saturated carbocycles. The third kappa shape index (κ3) is 8.88. The van der Waals surface area contributed by atoms with Gasteiger partial charge in [-0.05, 0) is 114 Å². The van der Waals surface area contributed by atoms with Gasteiger partial charge in [0.25, 0.3) is 0 Å². The lowest BCUT2D eigenvalue weighted by Crippen LogP contribution is -2.46. The molecule has 2 saturated heterocycles. The van der Waals surface area contributed by atoms with Crippen molar-refractivity contribution in [2.24, 2.45) is 17.8 Å². The number of imide groups is 1. The number of carbonyl (C=O) groups is 3. The van der Waals surface area contributed by atoms with Gasteiger partial charge in [-0.25, -0.2) is 0 Å². The molecular formula is C37H45BINO9. The molecule has 5 rings (SSSR count). The number of ether oxygens (including phenoxy) is 2. The number of fused-ring (bicyclic) bond motifs is 3. The Morgan fingerprint density at radius 2 is 1.86 bits per heavy atom. The Balaban J connectivity index is 1.41. The lowest BCUT2D eigenvalue weighted by molar-refractivity contribution is -0.141. The van der Waals surface area contributed by atoms with Crippen LogP contribution in [0.25, 0.3) is 6.08 Å². The van der Waals surface area contributed by atoms with Crippen molar-refractivity contribution in [3.05, 3.63) is 68.3 Å². The fraction of sp³-hybridized carbons (Fsp3) is 0.486. The zero-order chi connectivity index (χ0) is 35.1. The van der Waals surface area contributed by atoms with Crippen LogP contribution in [0.1, 0.15) is 70.3 Å². The first kappa shape index (κ1) is 36.9. The van der Waals surface area contributed by atoms with Crippen molar-refractivity contribution in [2.45, 2.75) is 77.1 Å². The molecule has 49 heavy (non-hydrogen) atoms. The highest BCUT2D eigenvalue weighted by atomic mass is 127. The van der Waals surface area contributed by atoms with Gasteiger partial charge >= 0.3 is 13.1 Å². The van der Waals surface area contributed by atoms with Crippen molar-refractivity contribution >= 4 is 53.6 Å². The molecule has 2 fully saturated rings. The molecule has 1 aliphatic carbocycles. The quantitative estimate of drug-likeness (QED) is 0.0573.